The van der Waals surface area contributed by atoms with E-state index < -0.39 is 6.10 Å². The van der Waals surface area contributed by atoms with Crippen LogP contribution >= 0.6 is 0 Å². The molecule has 1 N–H and O–H groups in total. The number of aromatic nitrogens is 2. The zero-order chi connectivity index (χ0) is 22.2. The van der Waals surface area contributed by atoms with Gasteiger partial charge in [-0.2, -0.15) is 5.10 Å². The molecule has 0 unspecified atom stereocenters. The van der Waals surface area contributed by atoms with Crippen molar-refractivity contribution in [1.29, 1.82) is 0 Å². The summed E-state index contributed by atoms with van der Waals surface area (Å²) in [6.07, 6.45) is 3.23. The third-order valence-electron chi connectivity index (χ3n) is 5.83. The Morgan fingerprint density at radius 1 is 1.13 bits per heavy atom. The fourth-order valence-corrected chi connectivity index (χ4v) is 4.17. The van der Waals surface area contributed by atoms with Crippen LogP contribution < -0.4 is 9.47 Å². The summed E-state index contributed by atoms with van der Waals surface area (Å²) in [6.45, 7) is 9.75. The zero-order valence-electron chi connectivity index (χ0n) is 19.5. The van der Waals surface area contributed by atoms with Crippen molar-refractivity contribution >= 4 is 0 Å². The zero-order valence-corrected chi connectivity index (χ0v) is 19.5. The third-order valence-corrected chi connectivity index (χ3v) is 5.83. The van der Waals surface area contributed by atoms with Crippen LogP contribution in [0.15, 0.2) is 24.3 Å². The first kappa shape index (κ1) is 23.6. The second-order valence-electron chi connectivity index (χ2n) is 8.70. The van der Waals surface area contributed by atoms with E-state index in [1.54, 1.807) is 7.11 Å². The number of hydrogen-bond donors (Lipinski definition) is 1. The van der Waals surface area contributed by atoms with Gasteiger partial charge in [-0.05, 0) is 70.6 Å². The first-order valence-corrected chi connectivity index (χ1v) is 11.3. The first-order chi connectivity index (χ1) is 14.9. The Bertz CT molecular complexity index is 817. The van der Waals surface area contributed by atoms with E-state index in [9.17, 15) is 5.11 Å². The Kier molecular flexibility index (Phi) is 8.75. The lowest BCUT2D eigenvalue weighted by molar-refractivity contribution is 0.0608. The molecular weight excluding hydrogens is 392 g/mol. The van der Waals surface area contributed by atoms with Gasteiger partial charge in [0, 0.05) is 25.3 Å². The van der Waals surface area contributed by atoms with Crippen molar-refractivity contribution in [2.45, 2.75) is 52.3 Å². The van der Waals surface area contributed by atoms with E-state index in [0.29, 0.717) is 18.0 Å². The van der Waals surface area contributed by atoms with Crippen molar-refractivity contribution in [3.8, 4) is 11.5 Å². The summed E-state index contributed by atoms with van der Waals surface area (Å²) >= 11 is 0. The van der Waals surface area contributed by atoms with Crippen molar-refractivity contribution in [3.05, 3.63) is 41.2 Å². The Morgan fingerprint density at radius 3 is 2.58 bits per heavy atom. The molecule has 1 aliphatic heterocycles. The molecular formula is C24H38N4O3. The summed E-state index contributed by atoms with van der Waals surface area (Å²) in [5.74, 6) is 1.38. The third kappa shape index (κ3) is 7.23. The van der Waals surface area contributed by atoms with Crippen molar-refractivity contribution in [3.63, 3.8) is 0 Å². The maximum Gasteiger partial charge on any atom is 0.161 e. The number of β-amino-alcohol motifs (C(OH)–C–C–N with tert-alkyl or cyclic N) is 1. The molecule has 0 radical (unpaired) electrons. The van der Waals surface area contributed by atoms with Crippen LogP contribution in [0.2, 0.25) is 0 Å². The molecule has 1 aromatic carbocycles. The van der Waals surface area contributed by atoms with Crippen molar-refractivity contribution < 1.29 is 14.6 Å². The van der Waals surface area contributed by atoms with Gasteiger partial charge < -0.3 is 24.4 Å². The topological polar surface area (TPSA) is 63.0 Å². The molecule has 1 aromatic heterocycles. The lowest BCUT2D eigenvalue weighted by atomic mass is 10.1. The van der Waals surface area contributed by atoms with Gasteiger partial charge in [0.15, 0.2) is 11.5 Å². The van der Waals surface area contributed by atoms with E-state index in [-0.39, 0.29) is 6.61 Å². The van der Waals surface area contributed by atoms with Crippen LogP contribution in [0.3, 0.4) is 0 Å². The summed E-state index contributed by atoms with van der Waals surface area (Å²) in [6, 6.07) is 8.13. The summed E-state index contributed by atoms with van der Waals surface area (Å²) in [7, 11) is 3.76. The van der Waals surface area contributed by atoms with E-state index in [4.69, 9.17) is 9.47 Å². The van der Waals surface area contributed by atoms with Gasteiger partial charge in [-0.25, -0.2) is 0 Å². The Labute approximate surface area is 186 Å². The number of methoxy groups -OCH3 is 1. The minimum absolute atomic E-state index is 0.268. The molecule has 0 bridgehead atoms. The highest BCUT2D eigenvalue weighted by molar-refractivity contribution is 5.43. The van der Waals surface area contributed by atoms with E-state index in [2.05, 4.69) is 45.7 Å². The monoisotopic (exact) mass is 430 g/mol. The fraction of sp³-hybridized carbons (Fsp3) is 0.625. The van der Waals surface area contributed by atoms with Gasteiger partial charge in [0.25, 0.3) is 0 Å². The van der Waals surface area contributed by atoms with Crippen LogP contribution in [0.4, 0.5) is 0 Å². The normalized spacial score (nSPS) is 15.9. The van der Waals surface area contributed by atoms with Gasteiger partial charge in [0.2, 0.25) is 0 Å². The highest BCUT2D eigenvalue weighted by atomic mass is 16.5. The molecule has 1 atom stereocenters. The van der Waals surface area contributed by atoms with Gasteiger partial charge in [0.05, 0.1) is 19.3 Å². The van der Waals surface area contributed by atoms with E-state index >= 15 is 0 Å². The van der Waals surface area contributed by atoms with Gasteiger partial charge in [0.1, 0.15) is 12.7 Å². The molecule has 3 rings (SSSR count). The predicted octanol–water partition coefficient (Wildman–Crippen LogP) is 2.87. The number of nitrogens with zero attached hydrogens (tertiary/aromatic N) is 4. The first-order valence-electron chi connectivity index (χ1n) is 11.3. The van der Waals surface area contributed by atoms with E-state index in [0.717, 1.165) is 44.0 Å². The molecule has 0 saturated carbocycles. The molecule has 0 aliphatic carbocycles. The SMILES string of the molecule is COc1ccc(CN(C)CCn2nc(C)cc2C)cc1OC[C@@H](O)CN1CCCCC1. The minimum atomic E-state index is -0.505. The molecule has 31 heavy (non-hydrogen) atoms. The number of aliphatic hydroxyl groups excluding tert-OH is 1. The van der Waals surface area contributed by atoms with Crippen LogP contribution in [-0.4, -0.2) is 77.7 Å². The molecule has 0 spiro atoms. The van der Waals surface area contributed by atoms with Gasteiger partial charge in [-0.15, -0.1) is 0 Å². The lowest BCUT2D eigenvalue weighted by Gasteiger charge is -2.28. The molecule has 0 amide bonds. The maximum absolute atomic E-state index is 10.4. The van der Waals surface area contributed by atoms with Crippen LogP contribution in [0.1, 0.15) is 36.2 Å². The number of aryl methyl sites for hydroxylation is 2. The number of benzene rings is 1. The number of ether oxygens (including phenoxy) is 2. The molecule has 2 aromatic rings. The number of aliphatic hydroxyl groups is 1. The molecule has 1 fully saturated rings. The summed E-state index contributed by atoms with van der Waals surface area (Å²) < 4.78 is 13.5. The Hall–Kier alpha value is -2.09. The molecule has 7 nitrogen and oxygen atoms in total. The predicted molar refractivity (Wildman–Crippen MR) is 123 cm³/mol. The van der Waals surface area contributed by atoms with Gasteiger partial charge >= 0.3 is 0 Å². The molecule has 1 saturated heterocycles. The van der Waals surface area contributed by atoms with Gasteiger partial charge in [-0.1, -0.05) is 12.5 Å². The lowest BCUT2D eigenvalue weighted by Crippen LogP contribution is -2.38. The van der Waals surface area contributed by atoms with E-state index in [1.165, 1.54) is 25.0 Å². The van der Waals surface area contributed by atoms with Crippen LogP contribution in [0, 0.1) is 13.8 Å². The largest absolute Gasteiger partial charge is 0.493 e. The van der Waals surface area contributed by atoms with Gasteiger partial charge in [-0.3, -0.25) is 4.68 Å². The highest BCUT2D eigenvalue weighted by Crippen LogP contribution is 2.28. The molecule has 7 heteroatoms. The Balaban J connectivity index is 1.52. The fourth-order valence-electron chi connectivity index (χ4n) is 4.17. The second-order valence-corrected chi connectivity index (χ2v) is 8.70. The molecule has 2 heterocycles. The number of rotatable bonds is 11. The average Bonchev–Trinajstić information content (AvgIpc) is 3.08. The minimum Gasteiger partial charge on any atom is -0.493 e. The molecule has 1 aliphatic rings. The second kappa shape index (κ2) is 11.5. The number of hydrogen-bond acceptors (Lipinski definition) is 6. The standard InChI is InChI=1S/C24H38N4O3/c1-19-14-20(2)28(25-19)13-12-26(3)16-21-8-9-23(30-4)24(15-21)31-18-22(29)17-27-10-6-5-7-11-27/h8-9,14-15,22,29H,5-7,10-13,16-18H2,1-4H3/t22-/m0/s1. The number of piperidine rings is 1. The highest BCUT2D eigenvalue weighted by Gasteiger charge is 2.16. The van der Waals surface area contributed by atoms with Crippen LogP contribution in [0.25, 0.3) is 0 Å². The summed E-state index contributed by atoms with van der Waals surface area (Å²) in [5, 5.41) is 15.0. The number of likely N-dealkylation sites (N-methyl/N-ethyl adjacent to an activating group) is 1. The van der Waals surface area contributed by atoms with Crippen LogP contribution in [0.5, 0.6) is 11.5 Å². The van der Waals surface area contributed by atoms with Crippen molar-refractivity contribution in [2.75, 3.05) is 46.9 Å². The molecule has 172 valence electrons. The number of likely N-dealkylation sites (tertiary alicyclic amines) is 1. The smallest absolute Gasteiger partial charge is 0.161 e. The van der Waals surface area contributed by atoms with E-state index in [1.807, 2.05) is 19.1 Å². The summed E-state index contributed by atoms with van der Waals surface area (Å²) in [5.41, 5.74) is 3.39. The quantitative estimate of drug-likeness (QED) is 0.592. The average molecular weight is 431 g/mol. The van der Waals surface area contributed by atoms with Crippen molar-refractivity contribution in [1.82, 2.24) is 19.6 Å². The maximum atomic E-state index is 10.4. The summed E-state index contributed by atoms with van der Waals surface area (Å²) in [4.78, 5) is 4.59. The van der Waals surface area contributed by atoms with Crippen LogP contribution in [-0.2, 0) is 13.1 Å². The Morgan fingerprint density at radius 2 is 1.90 bits per heavy atom. The van der Waals surface area contributed by atoms with Crippen molar-refractivity contribution in [2.24, 2.45) is 0 Å².